The molecule has 0 fully saturated rings. The van der Waals surface area contributed by atoms with Gasteiger partial charge in [-0.25, -0.2) is 19.9 Å². The lowest BCUT2D eigenvalue weighted by Crippen LogP contribution is -2.31. The predicted octanol–water partition coefficient (Wildman–Crippen LogP) is 1.59. The van der Waals surface area contributed by atoms with E-state index in [1.165, 1.54) is 0 Å². The fourth-order valence-corrected chi connectivity index (χ4v) is 2.87. The molecular formula is C20H30N8O2. The molecule has 2 aromatic rings. The maximum absolute atomic E-state index is 12.6. The van der Waals surface area contributed by atoms with Crippen LogP contribution in [0.2, 0.25) is 0 Å². The predicted molar refractivity (Wildman–Crippen MR) is 116 cm³/mol. The second-order valence-corrected chi connectivity index (χ2v) is 7.10. The third-order valence-corrected chi connectivity index (χ3v) is 4.52. The van der Waals surface area contributed by atoms with Crippen LogP contribution in [0, 0.1) is 13.8 Å². The molecule has 10 nitrogen and oxygen atoms in total. The first kappa shape index (κ1) is 23.0. The molecule has 0 bridgehead atoms. The zero-order valence-corrected chi connectivity index (χ0v) is 18.5. The summed E-state index contributed by atoms with van der Waals surface area (Å²) in [6.45, 7) is 4.78. The smallest absolute Gasteiger partial charge is 0.272 e. The lowest BCUT2D eigenvalue weighted by Gasteiger charge is -2.20. The van der Waals surface area contributed by atoms with Crippen molar-refractivity contribution in [1.82, 2.24) is 29.7 Å². The highest BCUT2D eigenvalue weighted by atomic mass is 16.2. The van der Waals surface area contributed by atoms with E-state index in [1.54, 1.807) is 50.1 Å². The minimum atomic E-state index is -0.155. The summed E-state index contributed by atoms with van der Waals surface area (Å²) in [5, 5.41) is 5.72. The first-order valence-electron chi connectivity index (χ1n) is 9.83. The van der Waals surface area contributed by atoms with Gasteiger partial charge >= 0.3 is 0 Å². The van der Waals surface area contributed by atoms with E-state index in [0.717, 1.165) is 24.2 Å². The molecule has 2 N–H and O–H groups in total. The minimum Gasteiger partial charge on any atom is -0.357 e. The second-order valence-electron chi connectivity index (χ2n) is 7.10. The maximum atomic E-state index is 12.6. The van der Waals surface area contributed by atoms with Crippen LogP contribution >= 0.6 is 0 Å². The molecule has 0 aliphatic carbocycles. The first-order chi connectivity index (χ1) is 14.2. The molecular weight excluding hydrogens is 384 g/mol. The Balaban J connectivity index is 1.85. The Hall–Kier alpha value is -3.30. The van der Waals surface area contributed by atoms with Gasteiger partial charge in [-0.05, 0) is 38.8 Å². The molecule has 30 heavy (non-hydrogen) atoms. The highest BCUT2D eigenvalue weighted by Gasteiger charge is 2.17. The highest BCUT2D eigenvalue weighted by molar-refractivity contribution is 5.93. The molecule has 0 atom stereocenters. The van der Waals surface area contributed by atoms with Crippen LogP contribution < -0.4 is 10.6 Å². The Labute approximate surface area is 177 Å². The molecule has 2 amide bonds. The summed E-state index contributed by atoms with van der Waals surface area (Å²) in [6.07, 6.45) is 1.51. The average Bonchev–Trinajstić information content (AvgIpc) is 2.74. The third kappa shape index (κ3) is 6.10. The molecule has 162 valence electrons. The molecule has 10 heteroatoms. The molecule has 0 aliphatic heterocycles. The van der Waals surface area contributed by atoms with Crippen LogP contribution in [0.25, 0.3) is 0 Å². The van der Waals surface area contributed by atoms with Crippen molar-refractivity contribution in [3.05, 3.63) is 34.9 Å². The SMILES string of the molecule is CNc1nc(C)cc(C(=O)N(C)CCCCN(C)C(=O)c2cc(C)nc(NC)n2)n1. The van der Waals surface area contributed by atoms with Crippen LogP contribution in [0.15, 0.2) is 12.1 Å². The first-order valence-corrected chi connectivity index (χ1v) is 9.83. The van der Waals surface area contributed by atoms with Gasteiger partial charge in [0.1, 0.15) is 11.4 Å². The van der Waals surface area contributed by atoms with Crippen molar-refractivity contribution in [2.24, 2.45) is 0 Å². The topological polar surface area (TPSA) is 116 Å². The van der Waals surface area contributed by atoms with Crippen LogP contribution in [0.5, 0.6) is 0 Å². The number of aryl methyl sites for hydroxylation is 2. The normalized spacial score (nSPS) is 10.5. The number of amides is 2. The molecule has 0 saturated heterocycles. The Morgan fingerprint density at radius 1 is 0.767 bits per heavy atom. The van der Waals surface area contributed by atoms with E-state index in [9.17, 15) is 9.59 Å². The number of rotatable bonds is 9. The van der Waals surface area contributed by atoms with Crippen molar-refractivity contribution in [1.29, 1.82) is 0 Å². The van der Waals surface area contributed by atoms with Crippen LogP contribution in [0.1, 0.15) is 45.2 Å². The number of nitrogens with one attached hydrogen (secondary N) is 2. The largest absolute Gasteiger partial charge is 0.357 e. The van der Waals surface area contributed by atoms with E-state index in [2.05, 4.69) is 30.6 Å². The van der Waals surface area contributed by atoms with E-state index in [-0.39, 0.29) is 11.8 Å². The van der Waals surface area contributed by atoms with Crippen molar-refractivity contribution in [2.75, 3.05) is 51.9 Å². The van der Waals surface area contributed by atoms with Crippen LogP contribution in [-0.4, -0.2) is 82.8 Å². The van der Waals surface area contributed by atoms with Gasteiger partial charge in [-0.15, -0.1) is 0 Å². The van der Waals surface area contributed by atoms with Gasteiger partial charge in [0.25, 0.3) is 11.8 Å². The Bertz CT molecular complexity index is 829. The van der Waals surface area contributed by atoms with Crippen molar-refractivity contribution >= 4 is 23.7 Å². The standard InChI is InChI=1S/C20H30N8O2/c1-13-11-15(25-19(21-3)23-13)17(29)27(5)9-7-8-10-28(6)18(30)16-12-14(2)24-20(22-4)26-16/h11-12H,7-10H2,1-6H3,(H,21,23,25)(H,22,24,26). The Morgan fingerprint density at radius 3 is 1.47 bits per heavy atom. The molecule has 2 heterocycles. The number of carbonyl (C=O) groups excluding carboxylic acids is 2. The molecule has 2 rings (SSSR count). The fourth-order valence-electron chi connectivity index (χ4n) is 2.87. The van der Waals surface area contributed by atoms with Gasteiger partial charge in [-0.2, -0.15) is 0 Å². The molecule has 0 spiro atoms. The third-order valence-electron chi connectivity index (χ3n) is 4.52. The minimum absolute atomic E-state index is 0.155. The van der Waals surface area contributed by atoms with Crippen LogP contribution in [-0.2, 0) is 0 Å². The lowest BCUT2D eigenvalue weighted by atomic mass is 10.2. The quantitative estimate of drug-likeness (QED) is 0.594. The zero-order chi connectivity index (χ0) is 22.3. The van der Waals surface area contributed by atoms with Gasteiger partial charge < -0.3 is 20.4 Å². The molecule has 2 aromatic heterocycles. The number of unbranched alkanes of at least 4 members (excludes halogenated alkanes) is 1. The summed E-state index contributed by atoms with van der Waals surface area (Å²) in [5.74, 6) is 0.538. The van der Waals surface area contributed by atoms with Gasteiger partial charge in [0.15, 0.2) is 0 Å². The van der Waals surface area contributed by atoms with Crippen molar-refractivity contribution in [3.8, 4) is 0 Å². The molecule has 0 aromatic carbocycles. The highest BCUT2D eigenvalue weighted by Crippen LogP contribution is 2.09. The second kappa shape index (κ2) is 10.5. The molecule has 0 unspecified atom stereocenters. The van der Waals surface area contributed by atoms with Gasteiger partial charge in [0, 0.05) is 52.7 Å². The summed E-state index contributed by atoms with van der Waals surface area (Å²) in [5.41, 5.74) is 2.18. The summed E-state index contributed by atoms with van der Waals surface area (Å²) >= 11 is 0. The summed E-state index contributed by atoms with van der Waals surface area (Å²) < 4.78 is 0. The summed E-state index contributed by atoms with van der Waals surface area (Å²) in [7, 11) is 6.92. The van der Waals surface area contributed by atoms with E-state index in [0.29, 0.717) is 36.4 Å². The van der Waals surface area contributed by atoms with Gasteiger partial charge in [0.05, 0.1) is 0 Å². The number of aromatic nitrogens is 4. The molecule has 0 aliphatic rings. The Morgan fingerprint density at radius 2 is 1.13 bits per heavy atom. The number of anilines is 2. The lowest BCUT2D eigenvalue weighted by molar-refractivity contribution is 0.0761. The van der Waals surface area contributed by atoms with Gasteiger partial charge in [0.2, 0.25) is 11.9 Å². The number of hydrogen-bond acceptors (Lipinski definition) is 8. The summed E-state index contributed by atoms with van der Waals surface area (Å²) in [6, 6.07) is 3.35. The van der Waals surface area contributed by atoms with Crippen molar-refractivity contribution < 1.29 is 9.59 Å². The number of hydrogen-bond donors (Lipinski definition) is 2. The number of nitrogens with zero attached hydrogens (tertiary/aromatic N) is 6. The average molecular weight is 415 g/mol. The molecule has 0 saturated carbocycles. The van der Waals surface area contributed by atoms with Gasteiger partial charge in [-0.3, -0.25) is 9.59 Å². The number of carbonyl (C=O) groups is 2. The fraction of sp³-hybridized carbons (Fsp3) is 0.500. The Kier molecular flexibility index (Phi) is 8.02. The summed E-state index contributed by atoms with van der Waals surface area (Å²) in [4.78, 5) is 45.3. The molecule has 0 radical (unpaired) electrons. The van der Waals surface area contributed by atoms with Crippen molar-refractivity contribution in [2.45, 2.75) is 26.7 Å². The van der Waals surface area contributed by atoms with Crippen LogP contribution in [0.3, 0.4) is 0 Å². The van der Waals surface area contributed by atoms with Crippen LogP contribution in [0.4, 0.5) is 11.9 Å². The van der Waals surface area contributed by atoms with Crippen molar-refractivity contribution in [3.63, 3.8) is 0 Å². The van der Waals surface area contributed by atoms with E-state index < -0.39 is 0 Å². The van der Waals surface area contributed by atoms with Gasteiger partial charge in [-0.1, -0.05) is 0 Å². The van der Waals surface area contributed by atoms with E-state index >= 15 is 0 Å². The van der Waals surface area contributed by atoms with E-state index in [4.69, 9.17) is 0 Å². The monoisotopic (exact) mass is 414 g/mol. The van der Waals surface area contributed by atoms with E-state index in [1.807, 2.05) is 13.8 Å². The zero-order valence-electron chi connectivity index (χ0n) is 18.5. The maximum Gasteiger partial charge on any atom is 0.272 e.